The Labute approximate surface area is 167 Å². The summed E-state index contributed by atoms with van der Waals surface area (Å²) in [6.45, 7) is 3.67. The quantitative estimate of drug-likeness (QED) is 0.426. The number of benzene rings is 2. The molecule has 1 heterocycles. The second kappa shape index (κ2) is 9.01. The van der Waals surface area contributed by atoms with Crippen LogP contribution in [0.15, 0.2) is 57.1 Å². The van der Waals surface area contributed by atoms with Crippen LogP contribution in [0.3, 0.4) is 0 Å². The minimum Gasteiger partial charge on any atom is -0.282 e. The van der Waals surface area contributed by atoms with Gasteiger partial charge >= 0.3 is 0 Å². The van der Waals surface area contributed by atoms with Gasteiger partial charge in [0.05, 0.1) is 10.6 Å². The maximum absolute atomic E-state index is 10.7. The van der Waals surface area contributed by atoms with E-state index >= 15 is 0 Å². The van der Waals surface area contributed by atoms with Crippen molar-refractivity contribution < 1.29 is 13.0 Å². The van der Waals surface area contributed by atoms with E-state index in [1.807, 2.05) is 37.4 Å². The van der Waals surface area contributed by atoms with Crippen LogP contribution in [0.25, 0.3) is 11.3 Å². The molecular formula is C18H18ClNO3S3. The van der Waals surface area contributed by atoms with Gasteiger partial charge in [-0.05, 0) is 55.5 Å². The van der Waals surface area contributed by atoms with Crippen LogP contribution in [0.1, 0.15) is 11.1 Å². The third-order valence-corrected chi connectivity index (χ3v) is 6.54. The molecule has 0 unspecified atom stereocenters. The van der Waals surface area contributed by atoms with Crippen molar-refractivity contribution in [1.29, 1.82) is 0 Å². The molecule has 0 bridgehead atoms. The molecule has 0 aliphatic heterocycles. The lowest BCUT2D eigenvalue weighted by Crippen LogP contribution is -1.98. The molecule has 0 aliphatic carbocycles. The number of hydrogen-bond donors (Lipinski definition) is 1. The molecule has 0 atom stereocenters. The van der Waals surface area contributed by atoms with Crippen LogP contribution in [0.5, 0.6) is 0 Å². The molecule has 0 radical (unpaired) electrons. The molecular weight excluding hydrogens is 410 g/mol. The normalized spacial score (nSPS) is 11.0. The largest absolute Gasteiger partial charge is 0.294 e. The van der Waals surface area contributed by atoms with E-state index < -0.39 is 10.1 Å². The monoisotopic (exact) mass is 427 g/mol. The Morgan fingerprint density at radius 2 is 1.73 bits per heavy atom. The van der Waals surface area contributed by atoms with Gasteiger partial charge in [0.1, 0.15) is 4.34 Å². The first-order chi connectivity index (χ1) is 12.2. The number of hydrogen-bond acceptors (Lipinski definition) is 5. The van der Waals surface area contributed by atoms with Gasteiger partial charge in [-0.1, -0.05) is 41.6 Å². The number of aryl methyl sites for hydroxylation is 2. The molecule has 1 aromatic heterocycles. The molecule has 4 nitrogen and oxygen atoms in total. The van der Waals surface area contributed by atoms with Gasteiger partial charge in [-0.15, -0.1) is 11.3 Å². The van der Waals surface area contributed by atoms with Gasteiger partial charge in [0, 0.05) is 16.0 Å². The summed E-state index contributed by atoms with van der Waals surface area (Å²) in [6.07, 6.45) is 2.03. The predicted octanol–water partition coefficient (Wildman–Crippen LogP) is 5.74. The lowest BCUT2D eigenvalue weighted by Gasteiger charge is -2.01. The predicted molar refractivity (Wildman–Crippen MR) is 110 cm³/mol. The average molecular weight is 428 g/mol. The lowest BCUT2D eigenvalue weighted by molar-refractivity contribution is 0.483. The Kier molecular flexibility index (Phi) is 7.25. The number of nitrogens with zero attached hydrogens (tertiary/aromatic N) is 1. The summed E-state index contributed by atoms with van der Waals surface area (Å²) in [5, 5.41) is 2.82. The van der Waals surface area contributed by atoms with Crippen LogP contribution < -0.4 is 0 Å². The Bertz CT molecular complexity index is 983. The van der Waals surface area contributed by atoms with Crippen LogP contribution in [0.2, 0.25) is 5.02 Å². The fraction of sp³-hybridized carbons (Fsp3) is 0.167. The summed E-state index contributed by atoms with van der Waals surface area (Å²) >= 11 is 9.15. The van der Waals surface area contributed by atoms with Crippen molar-refractivity contribution in [3.8, 4) is 11.3 Å². The summed E-state index contributed by atoms with van der Waals surface area (Å²) in [5.41, 5.74) is 3.99. The van der Waals surface area contributed by atoms with Gasteiger partial charge < -0.3 is 0 Å². The van der Waals surface area contributed by atoms with Crippen LogP contribution in [-0.4, -0.2) is 24.2 Å². The van der Waals surface area contributed by atoms with Gasteiger partial charge in [0.15, 0.2) is 0 Å². The SMILES string of the molecule is CSc1nc(-c2ccc(Cl)cc2)cs1.Cc1ccc(S(=O)(=O)O)cc1C. The first kappa shape index (κ1) is 20.9. The minimum absolute atomic E-state index is 0.0504. The van der Waals surface area contributed by atoms with E-state index in [1.165, 1.54) is 12.1 Å². The van der Waals surface area contributed by atoms with Gasteiger partial charge in [-0.2, -0.15) is 8.42 Å². The Hall–Kier alpha value is -1.38. The van der Waals surface area contributed by atoms with Gasteiger partial charge in [0.25, 0.3) is 10.1 Å². The summed E-state index contributed by atoms with van der Waals surface area (Å²) in [5.74, 6) is 0. The second-order valence-corrected chi connectivity index (χ2v) is 9.20. The molecule has 26 heavy (non-hydrogen) atoms. The molecule has 0 amide bonds. The maximum Gasteiger partial charge on any atom is 0.294 e. The van der Waals surface area contributed by atoms with E-state index in [-0.39, 0.29) is 4.90 Å². The zero-order valence-corrected chi connectivity index (χ0v) is 17.6. The molecule has 0 saturated carbocycles. The van der Waals surface area contributed by atoms with Crippen molar-refractivity contribution in [2.24, 2.45) is 0 Å². The number of aromatic nitrogens is 1. The van der Waals surface area contributed by atoms with Gasteiger partial charge in [-0.3, -0.25) is 4.55 Å². The zero-order chi connectivity index (χ0) is 19.3. The fourth-order valence-corrected chi connectivity index (χ4v) is 3.94. The second-order valence-electron chi connectivity index (χ2n) is 5.43. The first-order valence-corrected chi connectivity index (χ1v) is 11.4. The van der Waals surface area contributed by atoms with E-state index in [4.69, 9.17) is 16.2 Å². The van der Waals surface area contributed by atoms with Crippen molar-refractivity contribution in [2.45, 2.75) is 23.1 Å². The standard InChI is InChI=1S/C10H8ClNS2.C8H10O3S/c1-13-10-12-9(6-14-10)7-2-4-8(11)5-3-7;1-6-3-4-8(5-7(6)2)12(9,10)11/h2-6H,1H3;3-5H,1-2H3,(H,9,10,11). The highest BCUT2D eigenvalue weighted by Crippen LogP contribution is 2.27. The van der Waals surface area contributed by atoms with E-state index in [0.29, 0.717) is 0 Å². The third kappa shape index (κ3) is 5.82. The van der Waals surface area contributed by atoms with Crippen molar-refractivity contribution >= 4 is 44.8 Å². The average Bonchev–Trinajstić information content (AvgIpc) is 3.07. The number of thioether (sulfide) groups is 1. The Morgan fingerprint density at radius 3 is 2.23 bits per heavy atom. The molecule has 1 N–H and O–H groups in total. The van der Waals surface area contributed by atoms with E-state index in [2.05, 4.69) is 10.4 Å². The fourth-order valence-electron chi connectivity index (χ4n) is 1.98. The first-order valence-electron chi connectivity index (χ1n) is 7.51. The van der Waals surface area contributed by atoms with E-state index in [1.54, 1.807) is 36.1 Å². The highest BCUT2D eigenvalue weighted by molar-refractivity contribution is 8.00. The topological polar surface area (TPSA) is 67.3 Å². The van der Waals surface area contributed by atoms with Crippen LogP contribution in [0.4, 0.5) is 0 Å². The van der Waals surface area contributed by atoms with Crippen LogP contribution in [0, 0.1) is 13.8 Å². The van der Waals surface area contributed by atoms with Crippen molar-refractivity contribution in [3.05, 3.63) is 64.0 Å². The summed E-state index contributed by atoms with van der Waals surface area (Å²) < 4.78 is 31.1. The van der Waals surface area contributed by atoms with Crippen LogP contribution in [-0.2, 0) is 10.1 Å². The van der Waals surface area contributed by atoms with Gasteiger partial charge in [0.2, 0.25) is 0 Å². The molecule has 0 spiro atoms. The van der Waals surface area contributed by atoms with Crippen molar-refractivity contribution in [2.75, 3.05) is 6.26 Å². The molecule has 2 aromatic carbocycles. The van der Waals surface area contributed by atoms with Crippen molar-refractivity contribution in [1.82, 2.24) is 4.98 Å². The number of thiazole rings is 1. The highest BCUT2D eigenvalue weighted by Gasteiger charge is 2.09. The molecule has 0 saturated heterocycles. The number of halogens is 1. The summed E-state index contributed by atoms with van der Waals surface area (Å²) in [6, 6.07) is 12.2. The number of rotatable bonds is 3. The molecule has 8 heteroatoms. The smallest absolute Gasteiger partial charge is 0.282 e. The van der Waals surface area contributed by atoms with Crippen LogP contribution >= 0.6 is 34.7 Å². The molecule has 138 valence electrons. The third-order valence-electron chi connectivity index (χ3n) is 3.57. The highest BCUT2D eigenvalue weighted by atomic mass is 35.5. The minimum atomic E-state index is -4.04. The molecule has 0 aliphatic rings. The molecule has 3 rings (SSSR count). The molecule has 0 fully saturated rings. The lowest BCUT2D eigenvalue weighted by atomic mass is 10.1. The van der Waals surface area contributed by atoms with Crippen molar-refractivity contribution in [3.63, 3.8) is 0 Å². The Balaban J connectivity index is 0.000000190. The van der Waals surface area contributed by atoms with Gasteiger partial charge in [-0.25, -0.2) is 4.98 Å². The maximum atomic E-state index is 10.7. The Morgan fingerprint density at radius 1 is 1.08 bits per heavy atom. The summed E-state index contributed by atoms with van der Waals surface area (Å²) in [4.78, 5) is 4.42. The van der Waals surface area contributed by atoms with E-state index in [9.17, 15) is 8.42 Å². The summed E-state index contributed by atoms with van der Waals surface area (Å²) in [7, 11) is -4.04. The molecule has 3 aromatic rings. The zero-order valence-electron chi connectivity index (χ0n) is 14.4. The van der Waals surface area contributed by atoms with E-state index in [0.717, 1.165) is 31.7 Å².